The predicted octanol–water partition coefficient (Wildman–Crippen LogP) is 2.70. The van der Waals surface area contributed by atoms with Crippen LogP contribution in [0.4, 0.5) is 0 Å². The molecule has 4 heteroatoms. The summed E-state index contributed by atoms with van der Waals surface area (Å²) in [6.07, 6.45) is 3.71. The summed E-state index contributed by atoms with van der Waals surface area (Å²) in [5, 5.41) is 13.6. The Bertz CT molecular complexity index is 384. The van der Waals surface area contributed by atoms with Crippen LogP contribution in [0.2, 0.25) is 5.02 Å². The highest BCUT2D eigenvalue weighted by molar-refractivity contribution is 6.32. The number of ether oxygens (including phenoxy) is 1. The average molecular weight is 256 g/mol. The number of methoxy groups -OCH3 is 1. The molecule has 0 aliphatic heterocycles. The van der Waals surface area contributed by atoms with E-state index in [-0.39, 0.29) is 11.9 Å². The molecule has 17 heavy (non-hydrogen) atoms. The molecule has 0 aromatic heterocycles. The molecule has 1 saturated carbocycles. The van der Waals surface area contributed by atoms with Crippen molar-refractivity contribution >= 4 is 11.6 Å². The van der Waals surface area contributed by atoms with Crippen LogP contribution >= 0.6 is 11.6 Å². The first kappa shape index (κ1) is 12.7. The molecular weight excluding hydrogens is 238 g/mol. The van der Waals surface area contributed by atoms with Gasteiger partial charge in [0.1, 0.15) is 5.75 Å². The third-order valence-electron chi connectivity index (χ3n) is 3.38. The third-order valence-corrected chi connectivity index (χ3v) is 3.69. The molecule has 1 aromatic rings. The zero-order valence-corrected chi connectivity index (χ0v) is 10.7. The first-order valence-corrected chi connectivity index (χ1v) is 6.32. The highest BCUT2D eigenvalue weighted by atomic mass is 35.5. The molecular formula is C13H18ClNO2. The van der Waals surface area contributed by atoms with E-state index in [2.05, 4.69) is 5.32 Å². The second-order valence-corrected chi connectivity index (χ2v) is 4.85. The van der Waals surface area contributed by atoms with E-state index < -0.39 is 0 Å². The highest BCUT2D eigenvalue weighted by Gasteiger charge is 2.26. The zero-order valence-electron chi connectivity index (χ0n) is 9.95. The number of phenols is 1. The Hall–Kier alpha value is -0.770. The summed E-state index contributed by atoms with van der Waals surface area (Å²) >= 11 is 5.86. The molecule has 3 nitrogen and oxygen atoms in total. The summed E-state index contributed by atoms with van der Waals surface area (Å²) in [5.74, 6) is 0.175. The van der Waals surface area contributed by atoms with Gasteiger partial charge in [0, 0.05) is 25.3 Å². The topological polar surface area (TPSA) is 41.5 Å². The van der Waals surface area contributed by atoms with E-state index in [0.717, 1.165) is 18.4 Å². The van der Waals surface area contributed by atoms with E-state index in [1.807, 2.05) is 12.1 Å². The molecule has 0 heterocycles. The van der Waals surface area contributed by atoms with Crippen LogP contribution in [0.1, 0.15) is 24.8 Å². The van der Waals surface area contributed by atoms with Crippen LogP contribution in [0.15, 0.2) is 18.2 Å². The first-order valence-electron chi connectivity index (χ1n) is 5.95. The van der Waals surface area contributed by atoms with Crippen molar-refractivity contribution in [3.05, 3.63) is 28.8 Å². The Morgan fingerprint density at radius 1 is 1.47 bits per heavy atom. The fourth-order valence-electron chi connectivity index (χ4n) is 2.39. The molecule has 2 N–H and O–H groups in total. The average Bonchev–Trinajstić information content (AvgIpc) is 2.78. The number of rotatable bonds is 4. The first-order chi connectivity index (χ1) is 8.22. The number of halogens is 1. The van der Waals surface area contributed by atoms with Crippen molar-refractivity contribution in [2.24, 2.45) is 0 Å². The van der Waals surface area contributed by atoms with Crippen molar-refractivity contribution in [3.63, 3.8) is 0 Å². The molecule has 0 radical (unpaired) electrons. The SMILES string of the molecule is COC1CCCC1NCc1cccc(Cl)c1O. The maximum atomic E-state index is 9.79. The van der Waals surface area contributed by atoms with E-state index in [9.17, 15) is 5.11 Å². The molecule has 2 atom stereocenters. The van der Waals surface area contributed by atoms with Crippen molar-refractivity contribution in [1.29, 1.82) is 0 Å². The van der Waals surface area contributed by atoms with Crippen LogP contribution in [-0.2, 0) is 11.3 Å². The number of benzene rings is 1. The molecule has 94 valence electrons. The molecule has 1 fully saturated rings. The van der Waals surface area contributed by atoms with Gasteiger partial charge in [0.05, 0.1) is 11.1 Å². The highest BCUT2D eigenvalue weighted by Crippen LogP contribution is 2.28. The van der Waals surface area contributed by atoms with Crippen LogP contribution in [0.25, 0.3) is 0 Å². The minimum atomic E-state index is 0.175. The van der Waals surface area contributed by atoms with Gasteiger partial charge >= 0.3 is 0 Å². The number of hydrogen-bond acceptors (Lipinski definition) is 3. The number of aromatic hydroxyl groups is 1. The van der Waals surface area contributed by atoms with Gasteiger partial charge in [0.2, 0.25) is 0 Å². The van der Waals surface area contributed by atoms with Gasteiger partial charge in [-0.3, -0.25) is 0 Å². The second kappa shape index (κ2) is 5.71. The molecule has 1 aliphatic carbocycles. The van der Waals surface area contributed by atoms with E-state index in [0.29, 0.717) is 17.6 Å². The maximum Gasteiger partial charge on any atom is 0.138 e. The Morgan fingerprint density at radius 3 is 3.06 bits per heavy atom. The summed E-state index contributed by atoms with van der Waals surface area (Å²) in [5.41, 5.74) is 0.833. The molecule has 2 unspecified atom stereocenters. The Kier molecular flexibility index (Phi) is 4.26. The van der Waals surface area contributed by atoms with Crippen LogP contribution in [0.3, 0.4) is 0 Å². The van der Waals surface area contributed by atoms with Gasteiger partial charge in [-0.15, -0.1) is 0 Å². The Labute approximate surface area is 107 Å². The fourth-order valence-corrected chi connectivity index (χ4v) is 2.58. The molecule has 0 bridgehead atoms. The van der Waals surface area contributed by atoms with Gasteiger partial charge in [-0.05, 0) is 25.3 Å². The number of para-hydroxylation sites is 1. The fraction of sp³-hybridized carbons (Fsp3) is 0.538. The van der Waals surface area contributed by atoms with Crippen LogP contribution in [0, 0.1) is 0 Å². The summed E-state index contributed by atoms with van der Waals surface area (Å²) in [6, 6.07) is 5.79. The second-order valence-electron chi connectivity index (χ2n) is 4.44. The van der Waals surface area contributed by atoms with E-state index in [1.165, 1.54) is 6.42 Å². The lowest BCUT2D eigenvalue weighted by atomic mass is 10.1. The lowest BCUT2D eigenvalue weighted by Crippen LogP contribution is -2.36. The standard InChI is InChI=1S/C13H18ClNO2/c1-17-12-7-3-6-11(12)15-8-9-4-2-5-10(14)13(9)16/h2,4-5,11-12,15-16H,3,6-8H2,1H3. The normalized spacial score (nSPS) is 24.1. The van der Waals surface area contributed by atoms with Crippen molar-refractivity contribution in [1.82, 2.24) is 5.32 Å². The summed E-state index contributed by atoms with van der Waals surface area (Å²) < 4.78 is 5.42. The monoisotopic (exact) mass is 255 g/mol. The quantitative estimate of drug-likeness (QED) is 0.869. The third kappa shape index (κ3) is 2.92. The molecule has 0 spiro atoms. The van der Waals surface area contributed by atoms with Gasteiger partial charge in [-0.2, -0.15) is 0 Å². The van der Waals surface area contributed by atoms with Crippen molar-refractivity contribution in [2.75, 3.05) is 7.11 Å². The van der Waals surface area contributed by atoms with Gasteiger partial charge in [0.25, 0.3) is 0 Å². The van der Waals surface area contributed by atoms with Crippen LogP contribution in [0.5, 0.6) is 5.75 Å². The lowest BCUT2D eigenvalue weighted by molar-refractivity contribution is 0.0846. The van der Waals surface area contributed by atoms with Crippen LogP contribution < -0.4 is 5.32 Å². The van der Waals surface area contributed by atoms with Crippen molar-refractivity contribution in [2.45, 2.75) is 38.0 Å². The smallest absolute Gasteiger partial charge is 0.138 e. The molecule has 1 aromatic carbocycles. The van der Waals surface area contributed by atoms with Crippen LogP contribution in [-0.4, -0.2) is 24.4 Å². The van der Waals surface area contributed by atoms with E-state index in [4.69, 9.17) is 16.3 Å². The van der Waals surface area contributed by atoms with Gasteiger partial charge in [0.15, 0.2) is 0 Å². The molecule has 0 saturated heterocycles. The van der Waals surface area contributed by atoms with Gasteiger partial charge < -0.3 is 15.2 Å². The predicted molar refractivity (Wildman–Crippen MR) is 68.4 cm³/mol. The zero-order chi connectivity index (χ0) is 12.3. The van der Waals surface area contributed by atoms with Crippen molar-refractivity contribution < 1.29 is 9.84 Å². The maximum absolute atomic E-state index is 9.79. The molecule has 1 aliphatic rings. The van der Waals surface area contributed by atoms with E-state index >= 15 is 0 Å². The summed E-state index contributed by atoms with van der Waals surface area (Å²) in [7, 11) is 1.75. The number of hydrogen-bond donors (Lipinski definition) is 2. The lowest BCUT2D eigenvalue weighted by Gasteiger charge is -2.20. The Morgan fingerprint density at radius 2 is 2.29 bits per heavy atom. The van der Waals surface area contributed by atoms with Gasteiger partial charge in [-0.25, -0.2) is 0 Å². The Balaban J connectivity index is 1.95. The minimum Gasteiger partial charge on any atom is -0.506 e. The largest absolute Gasteiger partial charge is 0.506 e. The summed E-state index contributed by atoms with van der Waals surface area (Å²) in [4.78, 5) is 0. The molecule has 2 rings (SSSR count). The summed E-state index contributed by atoms with van der Waals surface area (Å²) in [6.45, 7) is 0.622. The molecule has 0 amide bonds. The van der Waals surface area contributed by atoms with E-state index in [1.54, 1.807) is 13.2 Å². The number of phenolic OH excluding ortho intramolecular Hbond substituents is 1. The van der Waals surface area contributed by atoms with Crippen molar-refractivity contribution in [3.8, 4) is 5.75 Å². The number of nitrogens with one attached hydrogen (secondary N) is 1. The van der Waals surface area contributed by atoms with Gasteiger partial charge in [-0.1, -0.05) is 23.7 Å². The minimum absolute atomic E-state index is 0.175.